The third-order valence-corrected chi connectivity index (χ3v) is 1.96. The van der Waals surface area contributed by atoms with E-state index in [2.05, 4.69) is 20.6 Å². The number of hydrogen-bond acceptors (Lipinski definition) is 4. The summed E-state index contributed by atoms with van der Waals surface area (Å²) in [6.07, 6.45) is -0.357. The first-order valence-electron chi connectivity index (χ1n) is 4.72. The molecule has 84 valence electrons. The highest BCUT2D eigenvalue weighted by atomic mass is 19.3. The molecule has 15 heavy (non-hydrogen) atoms. The number of anilines is 2. The molecule has 0 aliphatic carbocycles. The molecule has 0 fully saturated rings. The largest absolute Gasteiger partial charge is 0.373 e. The third-order valence-electron chi connectivity index (χ3n) is 1.96. The van der Waals surface area contributed by atoms with Crippen LogP contribution in [-0.4, -0.2) is 30.0 Å². The summed E-state index contributed by atoms with van der Waals surface area (Å²) in [5.74, 6) is 1.14. The Kier molecular flexibility index (Phi) is 4.20. The molecule has 2 N–H and O–H groups in total. The van der Waals surface area contributed by atoms with Crippen LogP contribution in [-0.2, 0) is 6.42 Å². The summed E-state index contributed by atoms with van der Waals surface area (Å²) in [5, 5.41) is 5.49. The molecule has 1 rings (SSSR count). The molecule has 0 unspecified atom stereocenters. The molecule has 1 heterocycles. The van der Waals surface area contributed by atoms with Gasteiger partial charge >= 0.3 is 0 Å². The Morgan fingerprint density at radius 2 is 2.00 bits per heavy atom. The number of rotatable bonds is 5. The van der Waals surface area contributed by atoms with Crippen LogP contribution in [0.5, 0.6) is 0 Å². The van der Waals surface area contributed by atoms with Crippen LogP contribution in [0, 0.1) is 0 Å². The first-order valence-corrected chi connectivity index (χ1v) is 4.72. The van der Waals surface area contributed by atoms with Gasteiger partial charge in [-0.1, -0.05) is 6.92 Å². The van der Waals surface area contributed by atoms with E-state index in [0.29, 0.717) is 18.1 Å². The second kappa shape index (κ2) is 5.43. The van der Waals surface area contributed by atoms with E-state index in [-0.39, 0.29) is 0 Å². The molecule has 0 saturated heterocycles. The van der Waals surface area contributed by atoms with Crippen LogP contribution in [0.2, 0.25) is 0 Å². The first kappa shape index (κ1) is 11.6. The molecule has 1 aromatic rings. The molecule has 0 atom stereocenters. The number of alkyl halides is 2. The van der Waals surface area contributed by atoms with Gasteiger partial charge in [0.15, 0.2) is 0 Å². The molecule has 0 saturated carbocycles. The maximum absolute atomic E-state index is 12.0. The van der Waals surface area contributed by atoms with Crippen LogP contribution in [0.3, 0.4) is 0 Å². The quantitative estimate of drug-likeness (QED) is 0.787. The van der Waals surface area contributed by atoms with E-state index < -0.39 is 13.0 Å². The molecule has 0 aliphatic rings. The summed E-state index contributed by atoms with van der Waals surface area (Å²) in [6.45, 7) is 1.53. The van der Waals surface area contributed by atoms with Crippen molar-refractivity contribution in [3.63, 3.8) is 0 Å². The summed E-state index contributed by atoms with van der Waals surface area (Å²) in [7, 11) is 1.73. The van der Waals surface area contributed by atoms with Gasteiger partial charge in [0.05, 0.1) is 6.54 Å². The Morgan fingerprint density at radius 1 is 1.33 bits per heavy atom. The number of hydrogen-bond donors (Lipinski definition) is 2. The Morgan fingerprint density at radius 3 is 2.53 bits per heavy atom. The normalized spacial score (nSPS) is 10.5. The van der Waals surface area contributed by atoms with E-state index in [4.69, 9.17) is 0 Å². The first-order chi connectivity index (χ1) is 7.19. The molecule has 0 amide bonds. The Bertz CT molecular complexity index is 317. The maximum Gasteiger partial charge on any atom is 0.255 e. The lowest BCUT2D eigenvalue weighted by molar-refractivity contribution is 0.163. The number of nitrogens with one attached hydrogen (secondary N) is 2. The van der Waals surface area contributed by atoms with Crippen LogP contribution < -0.4 is 10.6 Å². The van der Waals surface area contributed by atoms with Crippen molar-refractivity contribution in [1.82, 2.24) is 9.97 Å². The lowest BCUT2D eigenvalue weighted by atomic mass is 10.2. The second-order valence-corrected chi connectivity index (χ2v) is 2.92. The smallest absolute Gasteiger partial charge is 0.255 e. The van der Waals surface area contributed by atoms with Crippen molar-refractivity contribution in [2.75, 3.05) is 24.2 Å². The molecular formula is C9H14F2N4. The zero-order valence-corrected chi connectivity index (χ0v) is 8.72. The van der Waals surface area contributed by atoms with Gasteiger partial charge in [0.2, 0.25) is 0 Å². The van der Waals surface area contributed by atoms with Gasteiger partial charge in [-0.15, -0.1) is 0 Å². The summed E-state index contributed by atoms with van der Waals surface area (Å²) in [5.41, 5.74) is 0.820. The zero-order chi connectivity index (χ0) is 11.3. The van der Waals surface area contributed by atoms with Crippen LogP contribution in [0.1, 0.15) is 12.5 Å². The van der Waals surface area contributed by atoms with Crippen LogP contribution >= 0.6 is 0 Å². The Hall–Kier alpha value is -1.46. The summed E-state index contributed by atoms with van der Waals surface area (Å²) in [6, 6.07) is 0. The zero-order valence-electron chi connectivity index (χ0n) is 8.72. The fraction of sp³-hybridized carbons (Fsp3) is 0.556. The molecule has 4 nitrogen and oxygen atoms in total. The van der Waals surface area contributed by atoms with Gasteiger partial charge in [-0.05, 0) is 6.42 Å². The molecule has 0 bridgehead atoms. The minimum absolute atomic E-state index is 0.396. The predicted octanol–water partition coefficient (Wildman–Crippen LogP) is 1.76. The lowest BCUT2D eigenvalue weighted by Crippen LogP contribution is -2.14. The SMILES string of the molecule is CCc1c(NC)ncnc1NCC(F)F. The summed E-state index contributed by atoms with van der Waals surface area (Å²) in [4.78, 5) is 7.94. The average Bonchev–Trinajstić information content (AvgIpc) is 2.25. The van der Waals surface area contributed by atoms with Gasteiger partial charge in [-0.3, -0.25) is 0 Å². The number of aromatic nitrogens is 2. The van der Waals surface area contributed by atoms with E-state index in [1.165, 1.54) is 6.33 Å². The van der Waals surface area contributed by atoms with Gasteiger partial charge in [-0.2, -0.15) is 0 Å². The fourth-order valence-electron chi connectivity index (χ4n) is 1.29. The van der Waals surface area contributed by atoms with Gasteiger partial charge in [0, 0.05) is 12.6 Å². The molecule has 0 radical (unpaired) electrons. The maximum atomic E-state index is 12.0. The third kappa shape index (κ3) is 3.00. The number of nitrogens with zero attached hydrogens (tertiary/aromatic N) is 2. The van der Waals surface area contributed by atoms with Crippen molar-refractivity contribution in [3.8, 4) is 0 Å². The van der Waals surface area contributed by atoms with E-state index in [1.807, 2.05) is 6.92 Å². The number of halogens is 2. The van der Waals surface area contributed by atoms with Gasteiger partial charge in [-0.25, -0.2) is 18.7 Å². The van der Waals surface area contributed by atoms with E-state index in [1.54, 1.807) is 7.05 Å². The fourth-order valence-corrected chi connectivity index (χ4v) is 1.29. The van der Waals surface area contributed by atoms with Crippen molar-refractivity contribution in [3.05, 3.63) is 11.9 Å². The molecule has 1 aromatic heterocycles. The highest BCUT2D eigenvalue weighted by molar-refractivity contribution is 5.57. The van der Waals surface area contributed by atoms with Crippen LogP contribution in [0.4, 0.5) is 20.4 Å². The van der Waals surface area contributed by atoms with Crippen molar-refractivity contribution in [2.24, 2.45) is 0 Å². The molecular weight excluding hydrogens is 202 g/mol. The molecule has 0 aromatic carbocycles. The monoisotopic (exact) mass is 216 g/mol. The van der Waals surface area contributed by atoms with Crippen molar-refractivity contribution >= 4 is 11.6 Å². The van der Waals surface area contributed by atoms with Crippen molar-refractivity contribution < 1.29 is 8.78 Å². The van der Waals surface area contributed by atoms with Crippen LogP contribution in [0.15, 0.2) is 6.33 Å². The van der Waals surface area contributed by atoms with E-state index in [0.717, 1.165) is 5.56 Å². The molecule has 0 aliphatic heterocycles. The Labute approximate surface area is 87.1 Å². The Balaban J connectivity index is 2.86. The van der Waals surface area contributed by atoms with E-state index in [9.17, 15) is 8.78 Å². The van der Waals surface area contributed by atoms with E-state index >= 15 is 0 Å². The summed E-state index contributed by atoms with van der Waals surface area (Å²) < 4.78 is 24.0. The average molecular weight is 216 g/mol. The van der Waals surface area contributed by atoms with Crippen molar-refractivity contribution in [1.29, 1.82) is 0 Å². The predicted molar refractivity (Wildman–Crippen MR) is 55.5 cm³/mol. The van der Waals surface area contributed by atoms with Gasteiger partial charge in [0.1, 0.15) is 18.0 Å². The topological polar surface area (TPSA) is 49.8 Å². The van der Waals surface area contributed by atoms with Gasteiger partial charge < -0.3 is 10.6 Å². The minimum atomic E-state index is -2.39. The second-order valence-electron chi connectivity index (χ2n) is 2.92. The summed E-state index contributed by atoms with van der Waals surface area (Å²) >= 11 is 0. The standard InChI is InChI=1S/C9H14F2N4/c1-3-6-8(12-2)14-5-15-9(6)13-4-7(10)11/h5,7H,3-4H2,1-2H3,(H2,12,13,14,15). The van der Waals surface area contributed by atoms with Gasteiger partial charge in [0.25, 0.3) is 6.43 Å². The van der Waals surface area contributed by atoms with Crippen molar-refractivity contribution in [2.45, 2.75) is 19.8 Å². The lowest BCUT2D eigenvalue weighted by Gasteiger charge is -2.12. The molecule has 0 spiro atoms. The minimum Gasteiger partial charge on any atom is -0.373 e. The highest BCUT2D eigenvalue weighted by Crippen LogP contribution is 2.19. The highest BCUT2D eigenvalue weighted by Gasteiger charge is 2.09. The molecule has 6 heteroatoms. The van der Waals surface area contributed by atoms with Crippen LogP contribution in [0.25, 0.3) is 0 Å².